The first-order chi connectivity index (χ1) is 18.9. The molecule has 1 aromatic rings. The Morgan fingerprint density at radius 2 is 1.67 bits per heavy atom. The van der Waals surface area contributed by atoms with E-state index in [-0.39, 0.29) is 25.0 Å². The summed E-state index contributed by atoms with van der Waals surface area (Å²) in [6.07, 6.45) is 6.90. The van der Waals surface area contributed by atoms with Crippen molar-refractivity contribution in [2.24, 2.45) is 17.6 Å². The molecule has 0 spiro atoms. The molecule has 2 aliphatic rings. The summed E-state index contributed by atoms with van der Waals surface area (Å²) in [4.78, 5) is 49.4. The number of nitrogens with two attached hydrogens (primary N) is 1. The van der Waals surface area contributed by atoms with Gasteiger partial charge in [0.25, 0.3) is 0 Å². The standard InChI is InChI=1S/C28H43N5O6/c29-14-6-4-11-23(26(35)36)33-27(37)32-22(25(34)31-24-17-20-12-13-21(24)16-20)10-5-7-15-30-28(38)39-18-19-8-2-1-3-9-19/h1-3,8-9,20-24H,4-7,10-18,29H2,(H,30,38)(H,31,34)(H,35,36)(H2,32,33,37)/t20-,21+,22-,23+,24?/m1/s1. The number of amides is 4. The number of rotatable bonds is 16. The van der Waals surface area contributed by atoms with Crippen LogP contribution in [0.3, 0.4) is 0 Å². The van der Waals surface area contributed by atoms with E-state index in [0.717, 1.165) is 24.8 Å². The molecule has 39 heavy (non-hydrogen) atoms. The van der Waals surface area contributed by atoms with Crippen LogP contribution in [-0.4, -0.2) is 60.3 Å². The van der Waals surface area contributed by atoms with Crippen LogP contribution in [0.1, 0.15) is 69.8 Å². The van der Waals surface area contributed by atoms with Crippen LogP contribution in [0, 0.1) is 11.8 Å². The molecule has 1 aromatic carbocycles. The molecule has 0 aliphatic heterocycles. The lowest BCUT2D eigenvalue weighted by Gasteiger charge is -2.26. The van der Waals surface area contributed by atoms with Crippen LogP contribution in [0.2, 0.25) is 0 Å². The number of urea groups is 1. The Bertz CT molecular complexity index is 946. The summed E-state index contributed by atoms with van der Waals surface area (Å²) in [5, 5.41) is 20.5. The van der Waals surface area contributed by atoms with Gasteiger partial charge in [-0.3, -0.25) is 4.79 Å². The second-order valence-corrected chi connectivity index (χ2v) is 10.6. The molecule has 216 valence electrons. The van der Waals surface area contributed by atoms with Crippen molar-refractivity contribution < 1.29 is 29.0 Å². The van der Waals surface area contributed by atoms with E-state index >= 15 is 0 Å². The fourth-order valence-electron chi connectivity index (χ4n) is 5.52. The molecule has 7 N–H and O–H groups in total. The van der Waals surface area contributed by atoms with E-state index in [9.17, 15) is 24.3 Å². The molecular weight excluding hydrogens is 502 g/mol. The lowest BCUT2D eigenvalue weighted by atomic mass is 9.95. The number of alkyl carbamates (subject to hydrolysis) is 1. The maximum atomic E-state index is 13.2. The molecule has 11 nitrogen and oxygen atoms in total. The maximum Gasteiger partial charge on any atom is 0.407 e. The second kappa shape index (κ2) is 15.9. The molecule has 5 atom stereocenters. The van der Waals surface area contributed by atoms with Gasteiger partial charge in [0.05, 0.1) is 0 Å². The molecule has 2 fully saturated rings. The molecule has 11 heteroatoms. The summed E-state index contributed by atoms with van der Waals surface area (Å²) in [7, 11) is 0. The molecule has 2 saturated carbocycles. The Hall–Kier alpha value is -3.34. The Morgan fingerprint density at radius 3 is 2.33 bits per heavy atom. The van der Waals surface area contributed by atoms with Gasteiger partial charge in [0.2, 0.25) is 5.91 Å². The Labute approximate surface area is 230 Å². The van der Waals surface area contributed by atoms with E-state index < -0.39 is 30.2 Å². The van der Waals surface area contributed by atoms with Crippen molar-refractivity contribution in [2.75, 3.05) is 13.1 Å². The zero-order chi connectivity index (χ0) is 28.0. The molecule has 0 aromatic heterocycles. The summed E-state index contributed by atoms with van der Waals surface area (Å²) in [5.41, 5.74) is 6.38. The largest absolute Gasteiger partial charge is 0.480 e. The van der Waals surface area contributed by atoms with Gasteiger partial charge in [-0.2, -0.15) is 0 Å². The quantitative estimate of drug-likeness (QED) is 0.173. The zero-order valence-electron chi connectivity index (χ0n) is 22.5. The summed E-state index contributed by atoms with van der Waals surface area (Å²) in [5.74, 6) is -0.241. The van der Waals surface area contributed by atoms with Crippen molar-refractivity contribution in [3.63, 3.8) is 0 Å². The van der Waals surface area contributed by atoms with Crippen LogP contribution >= 0.6 is 0 Å². The molecule has 1 unspecified atom stereocenters. The molecule has 2 bridgehead atoms. The number of carbonyl (C=O) groups is 4. The van der Waals surface area contributed by atoms with E-state index in [1.54, 1.807) is 0 Å². The third-order valence-electron chi connectivity index (χ3n) is 7.64. The van der Waals surface area contributed by atoms with Crippen molar-refractivity contribution in [2.45, 2.75) is 88.9 Å². The predicted octanol–water partition coefficient (Wildman–Crippen LogP) is 2.64. The number of nitrogens with one attached hydrogen (secondary N) is 4. The average Bonchev–Trinajstić information content (AvgIpc) is 3.54. The number of ether oxygens (including phenoxy) is 1. The Balaban J connectivity index is 1.45. The number of aliphatic carboxylic acids is 1. The number of carbonyl (C=O) groups excluding carboxylic acids is 3. The lowest BCUT2D eigenvalue weighted by Crippen LogP contribution is -2.55. The van der Waals surface area contributed by atoms with Crippen LogP contribution in [0.4, 0.5) is 9.59 Å². The fraction of sp³-hybridized carbons (Fsp3) is 0.643. The SMILES string of the molecule is NCCCC[C@H](NC(=O)N[C@H](CCCCNC(=O)OCc1ccccc1)C(=O)NC1C[C@@H]2CC[C@H]1C2)C(=O)O. The van der Waals surface area contributed by atoms with Crippen LogP contribution in [0.25, 0.3) is 0 Å². The van der Waals surface area contributed by atoms with Gasteiger partial charge >= 0.3 is 18.1 Å². The van der Waals surface area contributed by atoms with Gasteiger partial charge in [-0.05, 0) is 81.7 Å². The van der Waals surface area contributed by atoms with Crippen molar-refractivity contribution in [3.05, 3.63) is 35.9 Å². The monoisotopic (exact) mass is 545 g/mol. The van der Waals surface area contributed by atoms with Gasteiger partial charge in [0.1, 0.15) is 18.7 Å². The highest BCUT2D eigenvalue weighted by atomic mass is 16.5. The van der Waals surface area contributed by atoms with Crippen molar-refractivity contribution >= 4 is 24.0 Å². The third kappa shape index (κ3) is 10.4. The molecule has 2 aliphatic carbocycles. The van der Waals surface area contributed by atoms with Crippen LogP contribution in [0.15, 0.2) is 30.3 Å². The zero-order valence-corrected chi connectivity index (χ0v) is 22.5. The Morgan fingerprint density at radius 1 is 0.949 bits per heavy atom. The van der Waals surface area contributed by atoms with Gasteiger partial charge in [0.15, 0.2) is 0 Å². The van der Waals surface area contributed by atoms with Gasteiger partial charge in [-0.25, -0.2) is 14.4 Å². The van der Waals surface area contributed by atoms with E-state index in [1.165, 1.54) is 6.42 Å². The summed E-state index contributed by atoms with van der Waals surface area (Å²) in [6.45, 7) is 0.993. The minimum atomic E-state index is -1.13. The van der Waals surface area contributed by atoms with Crippen molar-refractivity contribution in [3.8, 4) is 0 Å². The number of benzene rings is 1. The number of fused-ring (bicyclic) bond motifs is 2. The highest BCUT2D eigenvalue weighted by Gasteiger charge is 2.40. The van der Waals surface area contributed by atoms with Crippen LogP contribution < -0.4 is 27.0 Å². The number of hydrogen-bond donors (Lipinski definition) is 6. The topological polar surface area (TPSA) is 172 Å². The van der Waals surface area contributed by atoms with E-state index in [0.29, 0.717) is 57.0 Å². The molecule has 4 amide bonds. The smallest absolute Gasteiger partial charge is 0.407 e. The molecule has 0 radical (unpaired) electrons. The predicted molar refractivity (Wildman–Crippen MR) is 146 cm³/mol. The second-order valence-electron chi connectivity index (χ2n) is 10.6. The summed E-state index contributed by atoms with van der Waals surface area (Å²) >= 11 is 0. The molecule has 0 saturated heterocycles. The highest BCUT2D eigenvalue weighted by Crippen LogP contribution is 2.44. The molecular formula is C28H43N5O6. The average molecular weight is 546 g/mol. The normalized spacial score (nSPS) is 21.0. The molecule has 3 rings (SSSR count). The minimum absolute atomic E-state index is 0.118. The lowest BCUT2D eigenvalue weighted by molar-refractivity contribution is -0.139. The van der Waals surface area contributed by atoms with Crippen LogP contribution in [-0.2, 0) is 20.9 Å². The first-order valence-electron chi connectivity index (χ1n) is 14.1. The van der Waals surface area contributed by atoms with E-state index in [4.69, 9.17) is 10.5 Å². The van der Waals surface area contributed by atoms with Gasteiger partial charge < -0.3 is 36.8 Å². The summed E-state index contributed by atoms with van der Waals surface area (Å²) in [6, 6.07) is 6.94. The number of hydrogen-bond acceptors (Lipinski definition) is 6. The van der Waals surface area contributed by atoms with Crippen LogP contribution in [0.5, 0.6) is 0 Å². The number of unbranched alkanes of at least 4 members (excludes halogenated alkanes) is 2. The number of carboxylic acid groups (broad SMARTS) is 1. The minimum Gasteiger partial charge on any atom is -0.480 e. The van der Waals surface area contributed by atoms with Crippen molar-refractivity contribution in [1.82, 2.24) is 21.3 Å². The summed E-state index contributed by atoms with van der Waals surface area (Å²) < 4.78 is 5.20. The molecule has 0 heterocycles. The van der Waals surface area contributed by atoms with Gasteiger partial charge in [-0.15, -0.1) is 0 Å². The first kappa shape index (κ1) is 30.2. The third-order valence-corrected chi connectivity index (χ3v) is 7.64. The van der Waals surface area contributed by atoms with Gasteiger partial charge in [0, 0.05) is 12.6 Å². The first-order valence-corrected chi connectivity index (χ1v) is 14.1. The van der Waals surface area contributed by atoms with Gasteiger partial charge in [-0.1, -0.05) is 36.8 Å². The Kier molecular flexibility index (Phi) is 12.3. The van der Waals surface area contributed by atoms with Crippen molar-refractivity contribution in [1.29, 1.82) is 0 Å². The maximum absolute atomic E-state index is 13.2. The highest BCUT2D eigenvalue weighted by molar-refractivity contribution is 5.89. The van der Waals surface area contributed by atoms with E-state index in [2.05, 4.69) is 21.3 Å². The van der Waals surface area contributed by atoms with E-state index in [1.807, 2.05) is 30.3 Å². The fourth-order valence-corrected chi connectivity index (χ4v) is 5.52. The number of carboxylic acids is 1.